The summed E-state index contributed by atoms with van der Waals surface area (Å²) in [5.74, 6) is -0.761. The summed E-state index contributed by atoms with van der Waals surface area (Å²) in [4.78, 5) is 14.1. The standard InChI is InChI=1S/C15H29BN2O4/c17-15(14(19)20)10-12(6-7-16(21)22)4-5-13(15)11-18-8-2-1-3-9-18/h12-13,21-22H,1-11,17H2,(H,19,20)/t12?,13?,15-/m1/s1. The van der Waals surface area contributed by atoms with Gasteiger partial charge in [0.25, 0.3) is 0 Å². The van der Waals surface area contributed by atoms with Crippen LogP contribution in [0.1, 0.15) is 44.9 Å². The minimum absolute atomic E-state index is 0.0154. The number of aliphatic carboxylic acids is 1. The molecule has 5 N–H and O–H groups in total. The lowest BCUT2D eigenvalue weighted by molar-refractivity contribution is -0.148. The van der Waals surface area contributed by atoms with Crippen molar-refractivity contribution in [2.75, 3.05) is 19.6 Å². The van der Waals surface area contributed by atoms with Gasteiger partial charge in [-0.15, -0.1) is 0 Å². The van der Waals surface area contributed by atoms with E-state index in [0.29, 0.717) is 12.8 Å². The van der Waals surface area contributed by atoms with E-state index in [1.165, 1.54) is 19.3 Å². The molecule has 0 radical (unpaired) electrons. The Hall–Kier alpha value is -0.625. The van der Waals surface area contributed by atoms with E-state index < -0.39 is 18.6 Å². The molecule has 1 saturated carbocycles. The molecule has 2 unspecified atom stereocenters. The van der Waals surface area contributed by atoms with Gasteiger partial charge in [0.05, 0.1) is 0 Å². The average Bonchev–Trinajstić information content (AvgIpc) is 2.48. The monoisotopic (exact) mass is 312 g/mol. The number of hydrogen-bond donors (Lipinski definition) is 4. The van der Waals surface area contributed by atoms with Gasteiger partial charge in [-0.1, -0.05) is 12.8 Å². The van der Waals surface area contributed by atoms with Crippen LogP contribution in [0.15, 0.2) is 0 Å². The molecule has 0 aromatic heterocycles. The fourth-order valence-electron chi connectivity index (χ4n) is 4.04. The number of carboxylic acids is 1. The number of carbonyl (C=O) groups is 1. The van der Waals surface area contributed by atoms with E-state index in [1.807, 2.05) is 0 Å². The first kappa shape index (κ1) is 17.7. The fourth-order valence-corrected chi connectivity index (χ4v) is 4.04. The van der Waals surface area contributed by atoms with Crippen molar-refractivity contribution in [1.82, 2.24) is 4.90 Å². The van der Waals surface area contributed by atoms with E-state index in [2.05, 4.69) is 4.90 Å². The zero-order chi connectivity index (χ0) is 16.2. The first-order valence-corrected chi connectivity index (χ1v) is 8.52. The van der Waals surface area contributed by atoms with Crippen LogP contribution in [0, 0.1) is 11.8 Å². The highest BCUT2D eigenvalue weighted by Gasteiger charge is 2.47. The van der Waals surface area contributed by atoms with E-state index >= 15 is 0 Å². The van der Waals surface area contributed by atoms with Gasteiger partial charge in [-0.3, -0.25) is 4.79 Å². The summed E-state index contributed by atoms with van der Waals surface area (Å²) < 4.78 is 0. The maximum Gasteiger partial charge on any atom is 0.451 e. The van der Waals surface area contributed by atoms with Gasteiger partial charge in [0.15, 0.2) is 0 Å². The van der Waals surface area contributed by atoms with Crippen LogP contribution >= 0.6 is 0 Å². The number of likely N-dealkylation sites (tertiary alicyclic amines) is 1. The first-order chi connectivity index (χ1) is 10.4. The highest BCUT2D eigenvalue weighted by atomic mass is 16.4. The van der Waals surface area contributed by atoms with Gasteiger partial charge in [0.1, 0.15) is 5.54 Å². The van der Waals surface area contributed by atoms with Crippen LogP contribution in [0.2, 0.25) is 6.32 Å². The van der Waals surface area contributed by atoms with Gasteiger partial charge in [0, 0.05) is 12.5 Å². The van der Waals surface area contributed by atoms with Crippen molar-refractivity contribution in [1.29, 1.82) is 0 Å². The molecular weight excluding hydrogens is 283 g/mol. The third-order valence-corrected chi connectivity index (χ3v) is 5.44. The van der Waals surface area contributed by atoms with Crippen LogP contribution in [-0.4, -0.2) is 58.3 Å². The molecule has 0 spiro atoms. The lowest BCUT2D eigenvalue weighted by atomic mass is 9.66. The molecule has 1 aliphatic carbocycles. The van der Waals surface area contributed by atoms with Crippen molar-refractivity contribution in [2.24, 2.45) is 17.6 Å². The van der Waals surface area contributed by atoms with E-state index in [9.17, 15) is 9.90 Å². The summed E-state index contributed by atoms with van der Waals surface area (Å²) in [6.07, 6.45) is 6.73. The molecule has 7 heteroatoms. The molecule has 0 aromatic rings. The quantitative estimate of drug-likeness (QED) is 0.533. The van der Waals surface area contributed by atoms with Gasteiger partial charge >= 0.3 is 13.1 Å². The van der Waals surface area contributed by atoms with Crippen LogP contribution in [0.3, 0.4) is 0 Å². The lowest BCUT2D eigenvalue weighted by Gasteiger charge is -2.44. The number of hydrogen-bond acceptors (Lipinski definition) is 5. The van der Waals surface area contributed by atoms with Gasteiger partial charge in [0.2, 0.25) is 0 Å². The predicted octanol–water partition coefficient (Wildman–Crippen LogP) is 0.534. The Morgan fingerprint density at radius 3 is 2.50 bits per heavy atom. The second kappa shape index (κ2) is 7.77. The maximum absolute atomic E-state index is 11.8. The van der Waals surface area contributed by atoms with Gasteiger partial charge < -0.3 is 25.8 Å². The van der Waals surface area contributed by atoms with Crippen molar-refractivity contribution >= 4 is 13.1 Å². The zero-order valence-corrected chi connectivity index (χ0v) is 13.3. The molecule has 0 bridgehead atoms. The van der Waals surface area contributed by atoms with E-state index in [-0.39, 0.29) is 18.2 Å². The molecule has 1 heterocycles. The third-order valence-electron chi connectivity index (χ3n) is 5.44. The molecule has 2 fully saturated rings. The fraction of sp³-hybridized carbons (Fsp3) is 0.933. The summed E-state index contributed by atoms with van der Waals surface area (Å²) in [6.45, 7) is 2.87. The molecule has 2 aliphatic rings. The summed E-state index contributed by atoms with van der Waals surface area (Å²) in [5.41, 5.74) is 5.13. The van der Waals surface area contributed by atoms with Crippen LogP contribution in [-0.2, 0) is 4.79 Å². The summed E-state index contributed by atoms with van der Waals surface area (Å²) >= 11 is 0. The van der Waals surface area contributed by atoms with E-state index in [1.54, 1.807) is 0 Å². The van der Waals surface area contributed by atoms with Crippen LogP contribution in [0.4, 0.5) is 0 Å². The van der Waals surface area contributed by atoms with Gasteiger partial charge in [-0.2, -0.15) is 0 Å². The number of carboxylic acid groups (broad SMARTS) is 1. The molecular formula is C15H29BN2O4. The Morgan fingerprint density at radius 2 is 1.91 bits per heavy atom. The van der Waals surface area contributed by atoms with Crippen molar-refractivity contribution in [3.8, 4) is 0 Å². The highest BCUT2D eigenvalue weighted by Crippen LogP contribution is 2.38. The minimum atomic E-state index is -1.32. The van der Waals surface area contributed by atoms with Crippen LogP contribution in [0.5, 0.6) is 0 Å². The Balaban J connectivity index is 1.96. The summed E-state index contributed by atoms with van der Waals surface area (Å²) in [6, 6.07) is 0. The predicted molar refractivity (Wildman–Crippen MR) is 85.3 cm³/mol. The normalized spacial score (nSPS) is 33.6. The minimum Gasteiger partial charge on any atom is -0.480 e. The molecule has 126 valence electrons. The first-order valence-electron chi connectivity index (χ1n) is 8.52. The Bertz CT molecular complexity index is 377. The zero-order valence-electron chi connectivity index (χ0n) is 13.3. The number of nitrogens with two attached hydrogens (primary N) is 1. The second-order valence-electron chi connectivity index (χ2n) is 7.11. The summed E-state index contributed by atoms with van der Waals surface area (Å²) in [5, 5.41) is 27.6. The van der Waals surface area contributed by atoms with Crippen LogP contribution in [0.25, 0.3) is 0 Å². The van der Waals surface area contributed by atoms with Crippen molar-refractivity contribution in [3.05, 3.63) is 0 Å². The Labute approximate surface area is 132 Å². The third kappa shape index (κ3) is 4.44. The largest absolute Gasteiger partial charge is 0.480 e. The number of rotatable bonds is 6. The Morgan fingerprint density at radius 1 is 1.23 bits per heavy atom. The molecule has 6 nitrogen and oxygen atoms in total. The van der Waals surface area contributed by atoms with E-state index in [0.717, 1.165) is 32.5 Å². The number of nitrogens with zero attached hydrogens (tertiary/aromatic N) is 1. The maximum atomic E-state index is 11.8. The average molecular weight is 312 g/mol. The molecule has 1 saturated heterocycles. The van der Waals surface area contributed by atoms with E-state index in [4.69, 9.17) is 15.8 Å². The van der Waals surface area contributed by atoms with Crippen molar-refractivity contribution < 1.29 is 19.9 Å². The highest BCUT2D eigenvalue weighted by molar-refractivity contribution is 6.40. The van der Waals surface area contributed by atoms with Crippen molar-refractivity contribution in [2.45, 2.75) is 56.8 Å². The molecule has 2 rings (SSSR count). The SMILES string of the molecule is N[C@]1(C(=O)O)CC(CCB(O)O)CCC1CN1CCCCC1. The van der Waals surface area contributed by atoms with Gasteiger partial charge in [-0.25, -0.2) is 0 Å². The number of piperidine rings is 1. The Kier molecular flexibility index (Phi) is 6.26. The molecule has 3 atom stereocenters. The topological polar surface area (TPSA) is 107 Å². The lowest BCUT2D eigenvalue weighted by Crippen LogP contribution is -2.60. The second-order valence-corrected chi connectivity index (χ2v) is 7.11. The van der Waals surface area contributed by atoms with Crippen molar-refractivity contribution in [3.63, 3.8) is 0 Å². The smallest absolute Gasteiger partial charge is 0.451 e. The molecule has 0 amide bonds. The molecule has 0 aromatic carbocycles. The summed E-state index contributed by atoms with van der Waals surface area (Å²) in [7, 11) is -1.32. The molecule has 1 aliphatic heterocycles. The van der Waals surface area contributed by atoms with Gasteiger partial charge in [-0.05, 0) is 57.4 Å². The van der Waals surface area contributed by atoms with Crippen LogP contribution < -0.4 is 5.73 Å². The molecule has 22 heavy (non-hydrogen) atoms.